The average molecular weight is 293 g/mol. The van der Waals surface area contributed by atoms with Gasteiger partial charge in [0.1, 0.15) is 11.0 Å². The van der Waals surface area contributed by atoms with Crippen molar-refractivity contribution in [3.8, 4) is 22.8 Å². The summed E-state index contributed by atoms with van der Waals surface area (Å²) >= 11 is 6.19. The number of methoxy groups -OCH3 is 2. The van der Waals surface area contributed by atoms with Crippen molar-refractivity contribution >= 4 is 11.6 Å². The lowest BCUT2D eigenvalue weighted by atomic mass is 10.1. The van der Waals surface area contributed by atoms with E-state index in [1.807, 2.05) is 32.0 Å². The second kappa shape index (κ2) is 6.09. The van der Waals surface area contributed by atoms with E-state index in [2.05, 4.69) is 9.97 Å². The zero-order chi connectivity index (χ0) is 14.7. The molecule has 2 rings (SSSR count). The predicted octanol–water partition coefficient (Wildman–Crippen LogP) is 3.69. The monoisotopic (exact) mass is 292 g/mol. The number of hydrogen-bond donors (Lipinski definition) is 0. The van der Waals surface area contributed by atoms with Gasteiger partial charge in [-0.2, -0.15) is 0 Å². The Hall–Kier alpha value is -1.81. The van der Waals surface area contributed by atoms with Crippen LogP contribution in [0.5, 0.6) is 11.5 Å². The molecular weight excluding hydrogens is 276 g/mol. The predicted molar refractivity (Wildman–Crippen MR) is 79.7 cm³/mol. The van der Waals surface area contributed by atoms with E-state index in [0.717, 1.165) is 23.2 Å². The zero-order valence-electron chi connectivity index (χ0n) is 12.0. The van der Waals surface area contributed by atoms with Gasteiger partial charge in [-0.1, -0.05) is 24.6 Å². The molecule has 1 aromatic heterocycles. The molecule has 0 bridgehead atoms. The fourth-order valence-electron chi connectivity index (χ4n) is 2.03. The van der Waals surface area contributed by atoms with E-state index >= 15 is 0 Å². The van der Waals surface area contributed by atoms with Gasteiger partial charge < -0.3 is 9.47 Å². The van der Waals surface area contributed by atoms with Crippen LogP contribution in [-0.2, 0) is 6.42 Å². The first-order valence-electron chi connectivity index (χ1n) is 6.36. The summed E-state index contributed by atoms with van der Waals surface area (Å²) in [5.74, 6) is 2.02. The van der Waals surface area contributed by atoms with Crippen LogP contribution in [0.15, 0.2) is 18.2 Å². The number of benzene rings is 1. The van der Waals surface area contributed by atoms with Gasteiger partial charge in [0.2, 0.25) is 0 Å². The van der Waals surface area contributed by atoms with Crippen molar-refractivity contribution in [2.24, 2.45) is 0 Å². The summed E-state index contributed by atoms with van der Waals surface area (Å²) in [5.41, 5.74) is 2.45. The third kappa shape index (κ3) is 2.56. The Kier molecular flexibility index (Phi) is 4.45. The summed E-state index contributed by atoms with van der Waals surface area (Å²) in [4.78, 5) is 8.83. The second-order valence-corrected chi connectivity index (χ2v) is 4.66. The normalized spacial score (nSPS) is 10.4. The molecule has 0 aliphatic carbocycles. The Balaban J connectivity index is 2.71. The molecule has 0 N–H and O–H groups in total. The maximum atomic E-state index is 6.19. The quantitative estimate of drug-likeness (QED) is 0.806. The molecule has 0 radical (unpaired) electrons. The Morgan fingerprint density at radius 3 is 2.50 bits per heavy atom. The third-order valence-corrected chi connectivity index (χ3v) is 3.48. The van der Waals surface area contributed by atoms with Gasteiger partial charge in [0, 0.05) is 17.5 Å². The maximum absolute atomic E-state index is 6.19. The molecule has 0 saturated carbocycles. The van der Waals surface area contributed by atoms with Gasteiger partial charge in [-0.05, 0) is 19.1 Å². The number of rotatable bonds is 4. The summed E-state index contributed by atoms with van der Waals surface area (Å²) in [6, 6.07) is 5.69. The minimum Gasteiger partial charge on any atom is -0.493 e. The van der Waals surface area contributed by atoms with Gasteiger partial charge in [-0.15, -0.1) is 0 Å². The first-order chi connectivity index (χ1) is 9.62. The van der Waals surface area contributed by atoms with Crippen molar-refractivity contribution in [2.75, 3.05) is 14.2 Å². The molecule has 0 aliphatic heterocycles. The Labute approximate surface area is 123 Å². The molecule has 4 nitrogen and oxygen atoms in total. The SMILES string of the molecule is CCc1nc(Cl)c(C)c(-c2cccc(OC)c2OC)n1. The summed E-state index contributed by atoms with van der Waals surface area (Å²) in [5, 5.41) is 0.469. The standard InChI is InChI=1S/C15H17ClN2O2/c1-5-12-17-13(9(2)15(16)18-12)10-7-6-8-11(19-3)14(10)20-4/h6-8H,5H2,1-4H3. The molecule has 0 atom stereocenters. The molecule has 20 heavy (non-hydrogen) atoms. The lowest BCUT2D eigenvalue weighted by Crippen LogP contribution is -2.01. The summed E-state index contributed by atoms with van der Waals surface area (Å²) < 4.78 is 10.8. The van der Waals surface area contributed by atoms with Crippen molar-refractivity contribution in [1.29, 1.82) is 0 Å². The molecule has 1 heterocycles. The van der Waals surface area contributed by atoms with Gasteiger partial charge in [0.25, 0.3) is 0 Å². The molecule has 106 valence electrons. The Bertz CT molecular complexity index is 630. The number of halogens is 1. The van der Waals surface area contributed by atoms with Gasteiger partial charge in [-0.25, -0.2) is 9.97 Å². The molecule has 0 unspecified atom stereocenters. The van der Waals surface area contributed by atoms with E-state index in [1.54, 1.807) is 14.2 Å². The smallest absolute Gasteiger partial charge is 0.170 e. The van der Waals surface area contributed by atoms with Gasteiger partial charge in [-0.3, -0.25) is 0 Å². The van der Waals surface area contributed by atoms with E-state index in [9.17, 15) is 0 Å². The fraction of sp³-hybridized carbons (Fsp3) is 0.333. The molecule has 0 amide bonds. The highest BCUT2D eigenvalue weighted by Gasteiger charge is 2.17. The first-order valence-corrected chi connectivity index (χ1v) is 6.74. The van der Waals surface area contributed by atoms with E-state index in [1.165, 1.54) is 0 Å². The number of para-hydroxylation sites is 1. The van der Waals surface area contributed by atoms with Crippen LogP contribution in [0.2, 0.25) is 5.15 Å². The van der Waals surface area contributed by atoms with Crippen LogP contribution in [-0.4, -0.2) is 24.2 Å². The molecule has 0 spiro atoms. The first kappa shape index (κ1) is 14.6. The van der Waals surface area contributed by atoms with Crippen LogP contribution in [0, 0.1) is 6.92 Å². The van der Waals surface area contributed by atoms with Crippen molar-refractivity contribution in [3.05, 3.63) is 34.7 Å². The Morgan fingerprint density at radius 1 is 1.15 bits per heavy atom. The van der Waals surface area contributed by atoms with E-state index in [0.29, 0.717) is 22.5 Å². The highest BCUT2D eigenvalue weighted by atomic mass is 35.5. The lowest BCUT2D eigenvalue weighted by Gasteiger charge is -2.14. The number of aromatic nitrogens is 2. The highest BCUT2D eigenvalue weighted by Crippen LogP contribution is 2.39. The molecule has 0 saturated heterocycles. The molecule has 1 aromatic carbocycles. The third-order valence-electron chi connectivity index (χ3n) is 3.11. The largest absolute Gasteiger partial charge is 0.493 e. The van der Waals surface area contributed by atoms with Crippen LogP contribution in [0.4, 0.5) is 0 Å². The number of nitrogens with zero attached hydrogens (tertiary/aromatic N) is 2. The average Bonchev–Trinajstić information content (AvgIpc) is 2.48. The molecular formula is C15H17ClN2O2. The minimum absolute atomic E-state index is 0.469. The lowest BCUT2D eigenvalue weighted by molar-refractivity contribution is 0.356. The van der Waals surface area contributed by atoms with Crippen LogP contribution in [0.3, 0.4) is 0 Å². The van der Waals surface area contributed by atoms with Crippen molar-refractivity contribution in [2.45, 2.75) is 20.3 Å². The van der Waals surface area contributed by atoms with Crippen LogP contribution >= 0.6 is 11.6 Å². The van der Waals surface area contributed by atoms with Gasteiger partial charge >= 0.3 is 0 Å². The number of hydrogen-bond acceptors (Lipinski definition) is 4. The van der Waals surface area contributed by atoms with Crippen molar-refractivity contribution in [1.82, 2.24) is 9.97 Å². The van der Waals surface area contributed by atoms with Gasteiger partial charge in [0.05, 0.1) is 19.9 Å². The minimum atomic E-state index is 0.469. The van der Waals surface area contributed by atoms with Crippen LogP contribution < -0.4 is 9.47 Å². The van der Waals surface area contributed by atoms with E-state index < -0.39 is 0 Å². The zero-order valence-corrected chi connectivity index (χ0v) is 12.8. The van der Waals surface area contributed by atoms with Gasteiger partial charge in [0.15, 0.2) is 11.5 Å². The number of aryl methyl sites for hydroxylation is 1. The summed E-state index contributed by atoms with van der Waals surface area (Å²) in [7, 11) is 3.22. The molecule has 0 aliphatic rings. The molecule has 2 aromatic rings. The summed E-state index contributed by atoms with van der Waals surface area (Å²) in [6.45, 7) is 3.89. The second-order valence-electron chi connectivity index (χ2n) is 4.30. The van der Waals surface area contributed by atoms with Crippen molar-refractivity contribution in [3.63, 3.8) is 0 Å². The number of ether oxygens (including phenoxy) is 2. The fourth-order valence-corrected chi connectivity index (χ4v) is 2.21. The molecule has 5 heteroatoms. The Morgan fingerprint density at radius 2 is 1.90 bits per heavy atom. The van der Waals surface area contributed by atoms with Crippen LogP contribution in [0.1, 0.15) is 18.3 Å². The summed E-state index contributed by atoms with van der Waals surface area (Å²) in [6.07, 6.45) is 0.722. The van der Waals surface area contributed by atoms with Crippen molar-refractivity contribution < 1.29 is 9.47 Å². The topological polar surface area (TPSA) is 44.2 Å². The highest BCUT2D eigenvalue weighted by molar-refractivity contribution is 6.30. The van der Waals surface area contributed by atoms with E-state index in [4.69, 9.17) is 21.1 Å². The molecule has 0 fully saturated rings. The maximum Gasteiger partial charge on any atom is 0.170 e. The van der Waals surface area contributed by atoms with Crippen LogP contribution in [0.25, 0.3) is 11.3 Å². The van der Waals surface area contributed by atoms with E-state index in [-0.39, 0.29) is 0 Å².